The SMILES string of the molecule is CC.Cc1ccc2c(c1)S(=O)(=O)N(C)c1ccccc1C2NCCCCCCCCC(=O)O. The Morgan fingerprint density at radius 1 is 0.970 bits per heavy atom. The minimum absolute atomic E-state index is 0.193. The van der Waals surface area contributed by atoms with Crippen LogP contribution in [0, 0.1) is 6.92 Å². The molecule has 0 radical (unpaired) electrons. The number of para-hydroxylation sites is 1. The van der Waals surface area contributed by atoms with E-state index in [0.717, 1.165) is 61.8 Å². The molecule has 1 atom stereocenters. The van der Waals surface area contributed by atoms with E-state index >= 15 is 0 Å². The molecule has 1 unspecified atom stereocenters. The van der Waals surface area contributed by atoms with Crippen molar-refractivity contribution in [3.63, 3.8) is 0 Å². The van der Waals surface area contributed by atoms with Crippen molar-refractivity contribution in [1.82, 2.24) is 5.32 Å². The first kappa shape index (κ1) is 26.9. The number of hydrogen-bond acceptors (Lipinski definition) is 4. The molecule has 33 heavy (non-hydrogen) atoms. The van der Waals surface area contributed by atoms with Crippen molar-refractivity contribution in [1.29, 1.82) is 0 Å². The van der Waals surface area contributed by atoms with Crippen LogP contribution in [0.15, 0.2) is 47.4 Å². The number of carboxylic acid groups (broad SMARTS) is 1. The first-order valence-corrected chi connectivity index (χ1v) is 13.4. The van der Waals surface area contributed by atoms with Gasteiger partial charge in [-0.15, -0.1) is 0 Å². The van der Waals surface area contributed by atoms with Gasteiger partial charge in [-0.25, -0.2) is 8.42 Å². The summed E-state index contributed by atoms with van der Waals surface area (Å²) in [6.07, 6.45) is 6.12. The van der Waals surface area contributed by atoms with Gasteiger partial charge in [-0.1, -0.05) is 69.9 Å². The molecule has 0 amide bonds. The number of aliphatic carboxylic acids is 1. The van der Waals surface area contributed by atoms with Crippen LogP contribution in [-0.2, 0) is 14.8 Å². The smallest absolute Gasteiger partial charge is 0.303 e. The third-order valence-electron chi connectivity index (χ3n) is 5.87. The molecular weight excluding hydrogens is 436 g/mol. The van der Waals surface area contributed by atoms with Crippen molar-refractivity contribution in [3.05, 3.63) is 59.2 Å². The van der Waals surface area contributed by atoms with Crippen LogP contribution in [0.4, 0.5) is 5.69 Å². The second kappa shape index (κ2) is 12.8. The fourth-order valence-electron chi connectivity index (χ4n) is 4.14. The lowest BCUT2D eigenvalue weighted by molar-refractivity contribution is -0.137. The number of unbranched alkanes of at least 4 members (excludes halogenated alkanes) is 5. The normalized spacial score (nSPS) is 16.1. The molecule has 0 aromatic heterocycles. The number of fused-ring (bicyclic) bond motifs is 2. The Morgan fingerprint density at radius 3 is 2.30 bits per heavy atom. The third-order valence-corrected chi connectivity index (χ3v) is 7.70. The number of carbonyl (C=O) groups is 1. The predicted molar refractivity (Wildman–Crippen MR) is 134 cm³/mol. The van der Waals surface area contributed by atoms with E-state index < -0.39 is 16.0 Å². The third kappa shape index (κ3) is 6.81. The summed E-state index contributed by atoms with van der Waals surface area (Å²) in [4.78, 5) is 10.9. The van der Waals surface area contributed by atoms with Crippen molar-refractivity contribution in [2.75, 3.05) is 17.9 Å². The number of nitrogens with one attached hydrogen (secondary N) is 1. The minimum Gasteiger partial charge on any atom is -0.481 e. The van der Waals surface area contributed by atoms with E-state index in [1.807, 2.05) is 57.2 Å². The molecule has 0 fully saturated rings. The van der Waals surface area contributed by atoms with Crippen LogP contribution in [-0.4, -0.2) is 33.1 Å². The molecule has 2 aromatic rings. The van der Waals surface area contributed by atoms with Crippen LogP contribution < -0.4 is 9.62 Å². The highest BCUT2D eigenvalue weighted by Crippen LogP contribution is 2.40. The Kier molecular flexibility index (Phi) is 10.4. The zero-order valence-electron chi connectivity index (χ0n) is 20.3. The number of rotatable bonds is 10. The molecule has 1 aliphatic rings. The zero-order chi connectivity index (χ0) is 24.4. The number of anilines is 1. The largest absolute Gasteiger partial charge is 0.481 e. The van der Waals surface area contributed by atoms with E-state index in [-0.39, 0.29) is 12.5 Å². The Bertz CT molecular complexity index is 1020. The molecule has 0 saturated heterocycles. The van der Waals surface area contributed by atoms with Crippen LogP contribution in [0.3, 0.4) is 0 Å². The van der Waals surface area contributed by atoms with Gasteiger partial charge in [0.25, 0.3) is 10.0 Å². The van der Waals surface area contributed by atoms with E-state index in [9.17, 15) is 13.2 Å². The second-order valence-corrected chi connectivity index (χ2v) is 10.2. The average molecular weight is 475 g/mol. The highest BCUT2D eigenvalue weighted by atomic mass is 32.2. The molecule has 1 aliphatic heterocycles. The maximum atomic E-state index is 13.3. The average Bonchev–Trinajstić information content (AvgIpc) is 2.87. The fraction of sp³-hybridized carbons (Fsp3) is 0.500. The van der Waals surface area contributed by atoms with Gasteiger partial charge in [-0.3, -0.25) is 9.10 Å². The van der Waals surface area contributed by atoms with Gasteiger partial charge in [0.05, 0.1) is 16.6 Å². The van der Waals surface area contributed by atoms with E-state index in [4.69, 9.17) is 5.11 Å². The Labute approximate surface area is 199 Å². The van der Waals surface area contributed by atoms with Gasteiger partial charge in [-0.05, 0) is 55.1 Å². The molecule has 2 N–H and O–H groups in total. The van der Waals surface area contributed by atoms with E-state index in [1.54, 1.807) is 13.1 Å². The Morgan fingerprint density at radius 2 is 1.61 bits per heavy atom. The zero-order valence-corrected chi connectivity index (χ0v) is 21.1. The summed E-state index contributed by atoms with van der Waals surface area (Å²) in [6.45, 7) is 6.69. The van der Waals surface area contributed by atoms with Crippen molar-refractivity contribution < 1.29 is 18.3 Å². The summed E-state index contributed by atoms with van der Waals surface area (Å²) in [5, 5.41) is 12.3. The summed E-state index contributed by atoms with van der Waals surface area (Å²) >= 11 is 0. The highest BCUT2D eigenvalue weighted by molar-refractivity contribution is 7.92. The molecular formula is C26H38N2O4S. The number of carboxylic acids is 1. The Balaban J connectivity index is 0.00000187. The van der Waals surface area contributed by atoms with Gasteiger partial charge in [0.2, 0.25) is 0 Å². The number of sulfonamides is 1. The molecule has 0 spiro atoms. The Hall–Kier alpha value is -2.38. The predicted octanol–water partition coefficient (Wildman–Crippen LogP) is 5.65. The minimum atomic E-state index is -3.63. The summed E-state index contributed by atoms with van der Waals surface area (Å²) in [5.41, 5.74) is 3.37. The van der Waals surface area contributed by atoms with Crippen LogP contribution >= 0.6 is 0 Å². The van der Waals surface area contributed by atoms with E-state index in [0.29, 0.717) is 10.6 Å². The fourth-order valence-corrected chi connectivity index (χ4v) is 5.68. The van der Waals surface area contributed by atoms with Crippen molar-refractivity contribution >= 4 is 21.7 Å². The van der Waals surface area contributed by atoms with Gasteiger partial charge in [-0.2, -0.15) is 0 Å². The molecule has 2 aromatic carbocycles. The highest BCUT2D eigenvalue weighted by Gasteiger charge is 2.34. The van der Waals surface area contributed by atoms with E-state index in [2.05, 4.69) is 5.32 Å². The standard InChI is InChI=1S/C24H32N2O4S.C2H6/c1-18-14-15-20-22(17-18)31(29,30)26(2)21-12-9-8-11-19(21)24(20)25-16-10-6-4-3-5-7-13-23(27)28;1-2/h8-9,11-12,14-15,17,24-25H,3-7,10,13,16H2,1-2H3,(H,27,28);1-2H3. The molecule has 0 aliphatic carbocycles. The second-order valence-electron chi connectivity index (χ2n) is 8.22. The van der Waals surface area contributed by atoms with Crippen molar-refractivity contribution in [2.45, 2.75) is 76.7 Å². The molecule has 182 valence electrons. The lowest BCUT2D eigenvalue weighted by Gasteiger charge is -2.22. The summed E-state index contributed by atoms with van der Waals surface area (Å²) in [5.74, 6) is -0.726. The first-order valence-electron chi connectivity index (χ1n) is 12.0. The van der Waals surface area contributed by atoms with Crippen LogP contribution in [0.25, 0.3) is 0 Å². The monoisotopic (exact) mass is 474 g/mol. The van der Waals surface area contributed by atoms with Gasteiger partial charge < -0.3 is 10.4 Å². The molecule has 3 rings (SSSR count). The number of aryl methyl sites for hydroxylation is 1. The van der Waals surface area contributed by atoms with Crippen LogP contribution in [0.5, 0.6) is 0 Å². The lowest BCUT2D eigenvalue weighted by atomic mass is 9.96. The molecule has 0 saturated carbocycles. The van der Waals surface area contributed by atoms with Crippen molar-refractivity contribution in [3.8, 4) is 0 Å². The topological polar surface area (TPSA) is 86.7 Å². The maximum absolute atomic E-state index is 13.3. The van der Waals surface area contributed by atoms with Crippen LogP contribution in [0.2, 0.25) is 0 Å². The number of hydrogen-bond donors (Lipinski definition) is 2. The number of benzene rings is 2. The first-order chi connectivity index (χ1) is 15.8. The van der Waals surface area contributed by atoms with Gasteiger partial charge >= 0.3 is 5.97 Å². The quantitative estimate of drug-likeness (QED) is 0.434. The van der Waals surface area contributed by atoms with E-state index in [1.165, 1.54) is 4.31 Å². The molecule has 7 heteroatoms. The molecule has 1 heterocycles. The number of nitrogens with zero attached hydrogens (tertiary/aromatic N) is 1. The van der Waals surface area contributed by atoms with Gasteiger partial charge in [0.1, 0.15) is 0 Å². The summed E-state index contributed by atoms with van der Waals surface area (Å²) in [6, 6.07) is 13.1. The van der Waals surface area contributed by atoms with Crippen LogP contribution in [0.1, 0.15) is 81.5 Å². The summed E-state index contributed by atoms with van der Waals surface area (Å²) in [7, 11) is -2.01. The summed E-state index contributed by atoms with van der Waals surface area (Å²) < 4.78 is 28.0. The van der Waals surface area contributed by atoms with Crippen molar-refractivity contribution in [2.24, 2.45) is 0 Å². The van der Waals surface area contributed by atoms with Gasteiger partial charge in [0.15, 0.2) is 0 Å². The molecule has 0 bridgehead atoms. The molecule has 6 nitrogen and oxygen atoms in total. The van der Waals surface area contributed by atoms with Gasteiger partial charge in [0, 0.05) is 13.5 Å². The maximum Gasteiger partial charge on any atom is 0.303 e. The lowest BCUT2D eigenvalue weighted by Crippen LogP contribution is -2.26.